The van der Waals surface area contributed by atoms with Crippen molar-refractivity contribution >= 4 is 24.1 Å². The van der Waals surface area contributed by atoms with Gasteiger partial charge in [-0.1, -0.05) is 12.1 Å². The second-order valence-corrected chi connectivity index (χ2v) is 5.22. The molecule has 5 nitrogen and oxygen atoms in total. The Morgan fingerprint density at radius 2 is 2.05 bits per heavy atom. The maximum Gasteiger partial charge on any atom is 0.357 e. The third kappa shape index (κ3) is 3.23. The zero-order valence-corrected chi connectivity index (χ0v) is 12.3. The molecule has 1 fully saturated rings. The van der Waals surface area contributed by atoms with Gasteiger partial charge in [-0.2, -0.15) is 0 Å². The molecule has 6 heteroatoms. The molecule has 0 radical (unpaired) electrons. The van der Waals surface area contributed by atoms with E-state index in [2.05, 4.69) is 0 Å². The van der Waals surface area contributed by atoms with E-state index in [4.69, 9.17) is 10.8 Å². The second-order valence-electron chi connectivity index (χ2n) is 5.22. The first-order chi connectivity index (χ1) is 8.93. The number of anilines is 1. The summed E-state index contributed by atoms with van der Waals surface area (Å²) in [5.41, 5.74) is 5.80. The topological polar surface area (TPSA) is 86.8 Å². The molecule has 0 spiro atoms. The van der Waals surface area contributed by atoms with Crippen LogP contribution in [0.3, 0.4) is 0 Å². The van der Waals surface area contributed by atoms with E-state index in [1.54, 1.807) is 4.90 Å². The lowest BCUT2D eigenvalue weighted by Crippen LogP contribution is -2.50. The van der Waals surface area contributed by atoms with Crippen LogP contribution in [-0.2, 0) is 11.2 Å². The van der Waals surface area contributed by atoms with Gasteiger partial charge in [-0.15, -0.1) is 12.4 Å². The van der Waals surface area contributed by atoms with E-state index < -0.39 is 11.7 Å². The zero-order chi connectivity index (χ0) is 14.0. The Labute approximate surface area is 124 Å². The molecule has 0 saturated carbocycles. The number of carboxylic acids is 1. The summed E-state index contributed by atoms with van der Waals surface area (Å²) in [6.07, 6.45) is 1.71. The molecule has 1 aromatic rings. The standard InChI is InChI=1S/C14H20N2O3.ClH/c1-10(15)9-11-3-5-12(6-4-11)16-8-2-7-14(16,19)13(17)18;/h3-6,10,19H,2,7-9,15H2,1H3,(H,17,18);1H/t10-,14-;/m1./s1. The highest BCUT2D eigenvalue weighted by Crippen LogP contribution is 2.32. The van der Waals surface area contributed by atoms with Crippen LogP contribution in [0.25, 0.3) is 0 Å². The average Bonchev–Trinajstić information content (AvgIpc) is 2.73. The largest absolute Gasteiger partial charge is 0.478 e. The molecular weight excluding hydrogens is 280 g/mol. The summed E-state index contributed by atoms with van der Waals surface area (Å²) < 4.78 is 0. The predicted molar refractivity (Wildman–Crippen MR) is 80.2 cm³/mol. The number of halogens is 1. The number of aliphatic carboxylic acids is 1. The molecule has 1 aliphatic rings. The van der Waals surface area contributed by atoms with Crippen LogP contribution in [0, 0.1) is 0 Å². The van der Waals surface area contributed by atoms with Gasteiger partial charge in [0.1, 0.15) is 0 Å². The highest BCUT2D eigenvalue weighted by molar-refractivity contribution is 5.85. The van der Waals surface area contributed by atoms with Gasteiger partial charge in [0.05, 0.1) is 0 Å². The smallest absolute Gasteiger partial charge is 0.357 e. The third-order valence-electron chi connectivity index (χ3n) is 3.50. The number of rotatable bonds is 4. The van der Waals surface area contributed by atoms with Gasteiger partial charge in [-0.25, -0.2) is 4.79 Å². The van der Waals surface area contributed by atoms with Crippen LogP contribution >= 0.6 is 12.4 Å². The summed E-state index contributed by atoms with van der Waals surface area (Å²) in [6.45, 7) is 2.49. The summed E-state index contributed by atoms with van der Waals surface area (Å²) in [5.74, 6) is -1.19. The van der Waals surface area contributed by atoms with E-state index in [9.17, 15) is 9.90 Å². The number of nitrogens with zero attached hydrogens (tertiary/aromatic N) is 1. The SMILES string of the molecule is C[C@@H](N)Cc1ccc(N2CCC[C@@]2(O)C(=O)O)cc1.Cl. The van der Waals surface area contributed by atoms with Crippen LogP contribution in [0.2, 0.25) is 0 Å². The van der Waals surface area contributed by atoms with E-state index in [1.165, 1.54) is 0 Å². The Bertz CT molecular complexity index is 464. The van der Waals surface area contributed by atoms with Crippen LogP contribution in [0.1, 0.15) is 25.3 Å². The summed E-state index contributed by atoms with van der Waals surface area (Å²) in [6, 6.07) is 7.64. The van der Waals surface area contributed by atoms with E-state index in [0.29, 0.717) is 13.0 Å². The molecule has 0 aliphatic carbocycles. The Kier molecular flexibility index (Phi) is 5.39. The fraction of sp³-hybridized carbons (Fsp3) is 0.500. The number of benzene rings is 1. The molecule has 1 saturated heterocycles. The van der Waals surface area contributed by atoms with Crippen molar-refractivity contribution in [2.75, 3.05) is 11.4 Å². The summed E-state index contributed by atoms with van der Waals surface area (Å²) >= 11 is 0. The van der Waals surface area contributed by atoms with Crippen LogP contribution in [0.5, 0.6) is 0 Å². The Morgan fingerprint density at radius 3 is 2.55 bits per heavy atom. The Balaban J connectivity index is 0.00000200. The summed E-state index contributed by atoms with van der Waals surface area (Å²) in [5, 5.41) is 19.4. The van der Waals surface area contributed by atoms with Gasteiger partial charge in [0.15, 0.2) is 0 Å². The lowest BCUT2D eigenvalue weighted by atomic mass is 10.1. The molecule has 0 amide bonds. The fourth-order valence-electron chi connectivity index (χ4n) is 2.55. The lowest BCUT2D eigenvalue weighted by molar-refractivity contribution is -0.157. The molecule has 4 N–H and O–H groups in total. The number of carbonyl (C=O) groups is 1. The number of aliphatic hydroxyl groups is 1. The van der Waals surface area contributed by atoms with Crippen molar-refractivity contribution < 1.29 is 15.0 Å². The van der Waals surface area contributed by atoms with Crippen molar-refractivity contribution in [3.05, 3.63) is 29.8 Å². The van der Waals surface area contributed by atoms with Crippen molar-refractivity contribution in [2.24, 2.45) is 5.73 Å². The molecule has 1 aromatic carbocycles. The summed E-state index contributed by atoms with van der Waals surface area (Å²) in [4.78, 5) is 12.8. The third-order valence-corrected chi connectivity index (χ3v) is 3.50. The van der Waals surface area contributed by atoms with Crippen molar-refractivity contribution in [1.82, 2.24) is 0 Å². The van der Waals surface area contributed by atoms with Crippen molar-refractivity contribution in [3.8, 4) is 0 Å². The maximum atomic E-state index is 11.2. The maximum absolute atomic E-state index is 11.2. The van der Waals surface area contributed by atoms with Crippen molar-refractivity contribution in [3.63, 3.8) is 0 Å². The molecule has 0 bridgehead atoms. The van der Waals surface area contributed by atoms with Crippen LogP contribution < -0.4 is 10.6 Å². The van der Waals surface area contributed by atoms with Gasteiger partial charge in [-0.05, 0) is 37.5 Å². The van der Waals surface area contributed by atoms with Gasteiger partial charge in [0.2, 0.25) is 5.72 Å². The molecule has 1 aliphatic heterocycles. The molecular formula is C14H21ClN2O3. The minimum atomic E-state index is -1.78. The van der Waals surface area contributed by atoms with Crippen LogP contribution in [-0.4, -0.2) is 34.5 Å². The first-order valence-electron chi connectivity index (χ1n) is 6.51. The minimum absolute atomic E-state index is 0. The number of hydrogen-bond acceptors (Lipinski definition) is 4. The van der Waals surface area contributed by atoms with Crippen LogP contribution in [0.15, 0.2) is 24.3 Å². The Morgan fingerprint density at radius 1 is 1.45 bits per heavy atom. The van der Waals surface area contributed by atoms with E-state index >= 15 is 0 Å². The van der Waals surface area contributed by atoms with E-state index in [-0.39, 0.29) is 24.9 Å². The monoisotopic (exact) mass is 300 g/mol. The van der Waals surface area contributed by atoms with Crippen LogP contribution in [0.4, 0.5) is 5.69 Å². The highest BCUT2D eigenvalue weighted by atomic mass is 35.5. The highest BCUT2D eigenvalue weighted by Gasteiger charge is 2.46. The minimum Gasteiger partial charge on any atom is -0.478 e. The molecule has 0 unspecified atom stereocenters. The van der Waals surface area contributed by atoms with Crippen molar-refractivity contribution in [2.45, 2.75) is 38.0 Å². The molecule has 1 heterocycles. The first-order valence-corrected chi connectivity index (χ1v) is 6.51. The molecule has 112 valence electrons. The average molecular weight is 301 g/mol. The van der Waals surface area contributed by atoms with Gasteiger partial charge in [0.25, 0.3) is 0 Å². The second kappa shape index (κ2) is 6.43. The van der Waals surface area contributed by atoms with E-state index in [0.717, 1.165) is 17.7 Å². The fourth-order valence-corrected chi connectivity index (χ4v) is 2.55. The Hall–Kier alpha value is -1.30. The van der Waals surface area contributed by atoms with Gasteiger partial charge >= 0.3 is 5.97 Å². The lowest BCUT2D eigenvalue weighted by Gasteiger charge is -2.31. The van der Waals surface area contributed by atoms with Gasteiger partial charge in [-0.3, -0.25) is 0 Å². The van der Waals surface area contributed by atoms with E-state index in [1.807, 2.05) is 31.2 Å². The zero-order valence-electron chi connectivity index (χ0n) is 11.5. The normalized spacial score (nSPS) is 23.2. The van der Waals surface area contributed by atoms with Gasteiger partial charge in [0, 0.05) is 24.7 Å². The number of nitrogens with two attached hydrogens (primary N) is 1. The number of hydrogen-bond donors (Lipinski definition) is 3. The first kappa shape index (κ1) is 16.8. The molecule has 2 atom stereocenters. The van der Waals surface area contributed by atoms with Gasteiger partial charge < -0.3 is 20.8 Å². The number of carboxylic acid groups (broad SMARTS) is 1. The predicted octanol–water partition coefficient (Wildman–Crippen LogP) is 1.37. The quantitative estimate of drug-likeness (QED) is 0.782. The van der Waals surface area contributed by atoms with Crippen molar-refractivity contribution in [1.29, 1.82) is 0 Å². The molecule has 0 aromatic heterocycles. The molecule has 2 rings (SSSR count). The summed E-state index contributed by atoms with van der Waals surface area (Å²) in [7, 11) is 0. The molecule has 20 heavy (non-hydrogen) atoms.